The topological polar surface area (TPSA) is 37.9 Å². The Hall–Kier alpha value is -1.08. The van der Waals surface area contributed by atoms with Gasteiger partial charge in [-0.05, 0) is 22.9 Å². The van der Waals surface area contributed by atoms with E-state index in [1.165, 1.54) is 9.75 Å². The van der Waals surface area contributed by atoms with Gasteiger partial charge in [-0.2, -0.15) is 0 Å². The Morgan fingerprint density at radius 2 is 1.95 bits per heavy atom. The van der Waals surface area contributed by atoms with Crippen molar-refractivity contribution in [1.82, 2.24) is 9.97 Å². The average molecular weight is 322 g/mol. The third-order valence-corrected chi connectivity index (χ3v) is 5.33. The van der Waals surface area contributed by atoms with Crippen LogP contribution in [-0.4, -0.2) is 29.4 Å². The molecule has 0 aliphatic heterocycles. The zero-order chi connectivity index (χ0) is 13.8. The predicted octanol–water partition coefficient (Wildman–Crippen LogP) is 4.61. The highest BCUT2D eigenvalue weighted by molar-refractivity contribution is 7.99. The van der Waals surface area contributed by atoms with Gasteiger partial charge < -0.3 is 9.72 Å². The summed E-state index contributed by atoms with van der Waals surface area (Å²) >= 11 is 5.14. The predicted molar refractivity (Wildman–Crippen MR) is 87.8 cm³/mol. The number of aromatic amines is 1. The van der Waals surface area contributed by atoms with Gasteiger partial charge in [-0.1, -0.05) is 23.9 Å². The minimum absolute atomic E-state index is 0.730. The van der Waals surface area contributed by atoms with Crippen LogP contribution in [0.25, 0.3) is 21.1 Å². The van der Waals surface area contributed by atoms with Gasteiger partial charge >= 0.3 is 0 Å². The van der Waals surface area contributed by atoms with Crippen LogP contribution >= 0.6 is 34.4 Å². The van der Waals surface area contributed by atoms with E-state index in [4.69, 9.17) is 9.72 Å². The molecule has 0 unspecified atom stereocenters. The van der Waals surface area contributed by atoms with E-state index in [-0.39, 0.29) is 0 Å². The Bertz CT molecular complexity index is 592. The number of thiophene rings is 2. The number of aromatic nitrogens is 2. The normalized spacial score (nSPS) is 11.1. The lowest BCUT2D eigenvalue weighted by molar-refractivity contribution is 0.218. The highest BCUT2D eigenvalue weighted by Gasteiger charge is 2.15. The number of nitrogens with zero attached hydrogens (tertiary/aromatic N) is 1. The summed E-state index contributed by atoms with van der Waals surface area (Å²) in [6, 6.07) is 8.36. The second-order valence-electron chi connectivity index (χ2n) is 4.06. The van der Waals surface area contributed by atoms with E-state index >= 15 is 0 Å². The van der Waals surface area contributed by atoms with E-state index in [2.05, 4.69) is 40.0 Å². The van der Waals surface area contributed by atoms with Crippen molar-refractivity contribution in [3.63, 3.8) is 0 Å². The SMILES string of the molecule is COCCSc1nc(-c2cccs2)c(-c2cccs2)[nH]1. The van der Waals surface area contributed by atoms with Gasteiger partial charge in [0.1, 0.15) is 5.69 Å². The lowest BCUT2D eigenvalue weighted by atomic mass is 10.2. The van der Waals surface area contributed by atoms with Crippen molar-refractivity contribution in [1.29, 1.82) is 0 Å². The van der Waals surface area contributed by atoms with Crippen molar-refractivity contribution in [2.24, 2.45) is 0 Å². The standard InChI is InChI=1S/C14H14N2OS3/c1-17-6-9-20-14-15-12(10-4-2-7-18-10)13(16-14)11-5-3-8-19-11/h2-5,7-8H,6,9H2,1H3,(H,15,16). The van der Waals surface area contributed by atoms with Crippen LogP contribution in [-0.2, 0) is 4.74 Å². The summed E-state index contributed by atoms with van der Waals surface area (Å²) in [5.74, 6) is 0.901. The summed E-state index contributed by atoms with van der Waals surface area (Å²) in [4.78, 5) is 10.6. The molecule has 3 nitrogen and oxygen atoms in total. The Labute approximate surface area is 130 Å². The molecule has 0 atom stereocenters. The maximum absolute atomic E-state index is 5.09. The van der Waals surface area contributed by atoms with E-state index in [0.29, 0.717) is 0 Å². The molecular weight excluding hydrogens is 308 g/mol. The Morgan fingerprint density at radius 1 is 1.20 bits per heavy atom. The molecular formula is C14H14N2OS3. The summed E-state index contributed by atoms with van der Waals surface area (Å²) in [7, 11) is 1.72. The zero-order valence-electron chi connectivity index (χ0n) is 11.0. The van der Waals surface area contributed by atoms with Gasteiger partial charge in [-0.15, -0.1) is 22.7 Å². The number of methoxy groups -OCH3 is 1. The van der Waals surface area contributed by atoms with Crippen molar-refractivity contribution in [2.75, 3.05) is 19.5 Å². The van der Waals surface area contributed by atoms with Crippen LogP contribution in [0.3, 0.4) is 0 Å². The molecule has 0 aliphatic carbocycles. The smallest absolute Gasteiger partial charge is 0.166 e. The second kappa shape index (κ2) is 6.58. The van der Waals surface area contributed by atoms with Crippen molar-refractivity contribution in [2.45, 2.75) is 5.16 Å². The van der Waals surface area contributed by atoms with Gasteiger partial charge in [0.15, 0.2) is 5.16 Å². The molecule has 0 aliphatic rings. The number of hydrogen-bond acceptors (Lipinski definition) is 5. The molecule has 20 heavy (non-hydrogen) atoms. The summed E-state index contributed by atoms with van der Waals surface area (Å²) < 4.78 is 5.09. The molecule has 0 saturated carbocycles. The third kappa shape index (κ3) is 2.98. The van der Waals surface area contributed by atoms with Crippen LogP contribution in [0.4, 0.5) is 0 Å². The van der Waals surface area contributed by atoms with Crippen molar-refractivity contribution in [3.05, 3.63) is 35.0 Å². The molecule has 0 radical (unpaired) electrons. The number of nitrogens with one attached hydrogen (secondary N) is 1. The van der Waals surface area contributed by atoms with Crippen molar-refractivity contribution < 1.29 is 4.74 Å². The highest BCUT2D eigenvalue weighted by Crippen LogP contribution is 2.36. The molecule has 3 heterocycles. The third-order valence-electron chi connectivity index (χ3n) is 2.73. The fourth-order valence-electron chi connectivity index (χ4n) is 1.83. The molecule has 3 aromatic heterocycles. The molecule has 1 N–H and O–H groups in total. The van der Waals surface area contributed by atoms with Crippen LogP contribution < -0.4 is 0 Å². The maximum Gasteiger partial charge on any atom is 0.166 e. The minimum atomic E-state index is 0.730. The molecule has 6 heteroatoms. The molecule has 0 saturated heterocycles. The quantitative estimate of drug-likeness (QED) is 0.532. The molecule has 3 rings (SSSR count). The van der Waals surface area contributed by atoms with Crippen LogP contribution in [0.5, 0.6) is 0 Å². The number of rotatable bonds is 6. The van der Waals surface area contributed by atoms with E-state index in [1.54, 1.807) is 41.5 Å². The molecule has 0 amide bonds. The lowest BCUT2D eigenvalue weighted by Crippen LogP contribution is -1.91. The first-order valence-electron chi connectivity index (χ1n) is 6.18. The number of ether oxygens (including phenoxy) is 1. The molecule has 0 fully saturated rings. The molecule has 3 aromatic rings. The van der Waals surface area contributed by atoms with Crippen LogP contribution in [0, 0.1) is 0 Å². The Morgan fingerprint density at radius 3 is 2.60 bits per heavy atom. The summed E-state index contributed by atoms with van der Waals surface area (Å²) in [5.41, 5.74) is 2.16. The first-order chi connectivity index (χ1) is 9.88. The van der Waals surface area contributed by atoms with Crippen LogP contribution in [0.1, 0.15) is 0 Å². The second-order valence-corrected chi connectivity index (χ2v) is 7.04. The Kier molecular flexibility index (Phi) is 4.57. The first kappa shape index (κ1) is 13.9. The molecule has 0 bridgehead atoms. The number of H-pyrrole nitrogens is 1. The fourth-order valence-corrected chi connectivity index (χ4v) is 4.05. The fraction of sp³-hybridized carbons (Fsp3) is 0.214. The van der Waals surface area contributed by atoms with Crippen molar-refractivity contribution in [3.8, 4) is 21.1 Å². The van der Waals surface area contributed by atoms with Crippen LogP contribution in [0.15, 0.2) is 40.2 Å². The first-order valence-corrected chi connectivity index (χ1v) is 8.92. The highest BCUT2D eigenvalue weighted by atomic mass is 32.2. The van der Waals surface area contributed by atoms with Gasteiger partial charge in [0.05, 0.1) is 22.1 Å². The Balaban J connectivity index is 1.94. The largest absolute Gasteiger partial charge is 0.384 e. The van der Waals surface area contributed by atoms with Gasteiger partial charge in [0.25, 0.3) is 0 Å². The number of imidazole rings is 1. The lowest BCUT2D eigenvalue weighted by Gasteiger charge is -1.96. The monoisotopic (exact) mass is 322 g/mol. The molecule has 0 spiro atoms. The van der Waals surface area contributed by atoms with Gasteiger partial charge in [-0.3, -0.25) is 0 Å². The van der Waals surface area contributed by atoms with Gasteiger partial charge in [0.2, 0.25) is 0 Å². The van der Waals surface area contributed by atoms with E-state index in [9.17, 15) is 0 Å². The number of thioether (sulfide) groups is 1. The van der Waals surface area contributed by atoms with Crippen molar-refractivity contribution >= 4 is 34.4 Å². The molecule has 104 valence electrons. The average Bonchev–Trinajstić information content (AvgIpc) is 3.19. The zero-order valence-corrected chi connectivity index (χ0v) is 13.4. The summed E-state index contributed by atoms with van der Waals surface area (Å²) in [5, 5.41) is 5.13. The summed E-state index contributed by atoms with van der Waals surface area (Å²) in [6.07, 6.45) is 0. The van der Waals surface area contributed by atoms with E-state index in [0.717, 1.165) is 28.9 Å². The van der Waals surface area contributed by atoms with Crippen LogP contribution in [0.2, 0.25) is 0 Å². The van der Waals surface area contributed by atoms with E-state index < -0.39 is 0 Å². The number of hydrogen-bond donors (Lipinski definition) is 1. The maximum atomic E-state index is 5.09. The summed E-state index contributed by atoms with van der Waals surface area (Å²) in [6.45, 7) is 0.730. The molecule has 0 aromatic carbocycles. The van der Waals surface area contributed by atoms with E-state index in [1.807, 2.05) is 0 Å². The van der Waals surface area contributed by atoms with Gasteiger partial charge in [0, 0.05) is 12.9 Å². The minimum Gasteiger partial charge on any atom is -0.384 e. The van der Waals surface area contributed by atoms with Gasteiger partial charge in [-0.25, -0.2) is 4.98 Å².